The number of methoxy groups -OCH3 is 1. The summed E-state index contributed by atoms with van der Waals surface area (Å²) >= 11 is 0. The molecule has 0 atom stereocenters. The molecule has 0 spiro atoms. The number of hydrogen-bond donors (Lipinski definition) is 2. The first-order valence-corrected chi connectivity index (χ1v) is 16.2. The number of aryl methyl sites for hydroxylation is 3. The molecule has 0 unspecified atom stereocenters. The summed E-state index contributed by atoms with van der Waals surface area (Å²) in [7, 11) is 3.63. The van der Waals surface area contributed by atoms with Crippen molar-refractivity contribution in [1.29, 1.82) is 0 Å². The van der Waals surface area contributed by atoms with Crippen LogP contribution in [-0.4, -0.2) is 34.0 Å². The van der Waals surface area contributed by atoms with Crippen LogP contribution in [0.5, 0.6) is 0 Å². The number of nitrogen functional groups attached to an aromatic ring is 1. The molecule has 2 heterocycles. The molecule has 4 aromatic rings. The number of aromatic nitrogens is 3. The Morgan fingerprint density at radius 3 is 2.36 bits per heavy atom. The first kappa shape index (κ1) is 38.4. The third-order valence-electron chi connectivity index (χ3n) is 7.20. The summed E-state index contributed by atoms with van der Waals surface area (Å²) in [6.45, 7) is 20.5. The summed E-state index contributed by atoms with van der Waals surface area (Å²) in [6.07, 6.45) is 13.7. The molecule has 0 aliphatic rings. The zero-order valence-corrected chi connectivity index (χ0v) is 29.7. The van der Waals surface area contributed by atoms with Crippen molar-refractivity contribution < 1.29 is 4.74 Å². The number of hydrogen-bond acceptors (Lipinski definition) is 6. The van der Waals surface area contributed by atoms with Crippen LogP contribution in [0.4, 0.5) is 17.2 Å². The minimum absolute atomic E-state index is 0.671. The quantitative estimate of drug-likeness (QED) is 0.120. The predicted octanol–water partition coefficient (Wildman–Crippen LogP) is 9.57. The fourth-order valence-corrected chi connectivity index (χ4v) is 4.74. The standard InChI is InChI=1S/C28H31N3.C7H13N3.C5H10O/c1-6-8-9-23-12-15-28(29-7-2)27(18-23)22(5)31-26-14-13-25(20(3)16-26)17-24-11-10-21(4)30-19-24;1-3-4-6-7(8)9-5-10(6)2;1-5(2)4-6-3/h7-16,18-19,29H,2,6,17H2,1,3-5H3;5H,3-4,8H2,1-2H3;1,4H2,2-3H3/b9-8+,31-22?;;. The summed E-state index contributed by atoms with van der Waals surface area (Å²) < 4.78 is 6.67. The molecule has 0 aliphatic heterocycles. The summed E-state index contributed by atoms with van der Waals surface area (Å²) in [6, 6.07) is 17.0. The SMILES string of the molecule is C=C(C)COC.C=CNc1ccc(/C=C/CC)cc1C(C)=Nc1ccc(Cc2ccc(C)nc2)c(C)c1.CCCc1c(N)ncn1C. The van der Waals surface area contributed by atoms with E-state index < -0.39 is 0 Å². The smallest absolute Gasteiger partial charge is 0.144 e. The maximum atomic E-state index is 5.60. The lowest BCUT2D eigenvalue weighted by Crippen LogP contribution is -2.01. The van der Waals surface area contributed by atoms with Crippen molar-refractivity contribution in [3.8, 4) is 0 Å². The Bertz CT molecular complexity index is 1610. The van der Waals surface area contributed by atoms with E-state index in [1.54, 1.807) is 19.6 Å². The summed E-state index contributed by atoms with van der Waals surface area (Å²) in [5.41, 5.74) is 17.8. The number of pyridine rings is 1. The van der Waals surface area contributed by atoms with Crippen LogP contribution in [0.2, 0.25) is 0 Å². The number of nitrogens with one attached hydrogen (secondary N) is 1. The molecule has 3 N–H and O–H groups in total. The predicted molar refractivity (Wildman–Crippen MR) is 203 cm³/mol. The van der Waals surface area contributed by atoms with Gasteiger partial charge in [0.1, 0.15) is 5.82 Å². The van der Waals surface area contributed by atoms with Gasteiger partial charge in [0.15, 0.2) is 0 Å². The Morgan fingerprint density at radius 1 is 1.06 bits per heavy atom. The number of rotatable bonds is 12. The highest BCUT2D eigenvalue weighted by atomic mass is 16.5. The van der Waals surface area contributed by atoms with Gasteiger partial charge >= 0.3 is 0 Å². The fraction of sp³-hybridized carbons (Fsp3) is 0.325. The largest absolute Gasteiger partial charge is 0.382 e. The molecular weight excluding hydrogens is 580 g/mol. The summed E-state index contributed by atoms with van der Waals surface area (Å²) in [5.74, 6) is 0.671. The number of nitrogens with two attached hydrogens (primary N) is 1. The number of ether oxygens (including phenoxy) is 1. The van der Waals surface area contributed by atoms with Gasteiger partial charge in [-0.3, -0.25) is 9.98 Å². The number of anilines is 2. The Kier molecular flexibility index (Phi) is 16.7. The van der Waals surface area contributed by atoms with Crippen molar-refractivity contribution >= 4 is 29.0 Å². The Labute approximate surface area is 283 Å². The van der Waals surface area contributed by atoms with Gasteiger partial charge in [0, 0.05) is 43.0 Å². The molecule has 47 heavy (non-hydrogen) atoms. The monoisotopic (exact) mass is 634 g/mol. The molecule has 2 aromatic heterocycles. The van der Waals surface area contributed by atoms with Crippen LogP contribution < -0.4 is 11.1 Å². The van der Waals surface area contributed by atoms with E-state index in [0.29, 0.717) is 12.4 Å². The van der Waals surface area contributed by atoms with Gasteiger partial charge < -0.3 is 20.4 Å². The van der Waals surface area contributed by atoms with Crippen molar-refractivity contribution in [2.75, 3.05) is 24.8 Å². The molecule has 250 valence electrons. The van der Waals surface area contributed by atoms with Crippen molar-refractivity contribution in [2.45, 2.75) is 67.2 Å². The average Bonchev–Trinajstić information content (AvgIpc) is 3.36. The Balaban J connectivity index is 0.000000393. The van der Waals surface area contributed by atoms with E-state index in [-0.39, 0.29) is 0 Å². The minimum atomic E-state index is 0.671. The number of aliphatic imine (C=N–C) groups is 1. The first-order valence-electron chi connectivity index (χ1n) is 16.2. The van der Waals surface area contributed by atoms with Gasteiger partial charge in [-0.2, -0.15) is 0 Å². The van der Waals surface area contributed by atoms with Crippen LogP contribution in [0, 0.1) is 13.8 Å². The van der Waals surface area contributed by atoms with E-state index in [4.69, 9.17) is 15.5 Å². The second kappa shape index (κ2) is 20.4. The van der Waals surface area contributed by atoms with Gasteiger partial charge in [-0.15, -0.1) is 0 Å². The lowest BCUT2D eigenvalue weighted by molar-refractivity contribution is 0.226. The zero-order chi connectivity index (χ0) is 34.8. The maximum absolute atomic E-state index is 5.60. The van der Waals surface area contributed by atoms with E-state index in [9.17, 15) is 0 Å². The van der Waals surface area contributed by atoms with E-state index in [0.717, 1.165) is 65.3 Å². The third-order valence-corrected chi connectivity index (χ3v) is 7.20. The van der Waals surface area contributed by atoms with Crippen LogP contribution in [0.3, 0.4) is 0 Å². The lowest BCUT2D eigenvalue weighted by Gasteiger charge is -2.12. The highest BCUT2D eigenvalue weighted by Gasteiger charge is 2.08. The number of allylic oxidation sites excluding steroid dienone is 1. The molecule has 0 fully saturated rings. The minimum Gasteiger partial charge on any atom is -0.382 e. The lowest BCUT2D eigenvalue weighted by atomic mass is 10.0. The summed E-state index contributed by atoms with van der Waals surface area (Å²) in [5, 5.41) is 3.23. The van der Waals surface area contributed by atoms with Crippen molar-refractivity contribution in [2.24, 2.45) is 12.0 Å². The van der Waals surface area contributed by atoms with E-state index in [2.05, 4.69) is 117 Å². The Hall–Kier alpha value is -4.75. The first-order chi connectivity index (χ1) is 22.5. The van der Waals surface area contributed by atoms with Crippen LogP contribution in [0.15, 0.2) is 97.1 Å². The third kappa shape index (κ3) is 13.3. The van der Waals surface area contributed by atoms with Crippen LogP contribution >= 0.6 is 0 Å². The highest BCUT2D eigenvalue weighted by Crippen LogP contribution is 2.25. The zero-order valence-electron chi connectivity index (χ0n) is 29.7. The fourth-order valence-electron chi connectivity index (χ4n) is 4.74. The molecule has 2 aromatic carbocycles. The molecule has 0 saturated heterocycles. The van der Waals surface area contributed by atoms with Gasteiger partial charge in [-0.25, -0.2) is 4.98 Å². The molecule has 7 nitrogen and oxygen atoms in total. The summed E-state index contributed by atoms with van der Waals surface area (Å²) in [4.78, 5) is 13.3. The number of nitrogens with zero attached hydrogens (tertiary/aromatic N) is 4. The van der Waals surface area contributed by atoms with Crippen molar-refractivity contribution in [3.05, 3.63) is 131 Å². The molecule has 7 heteroatoms. The van der Waals surface area contributed by atoms with Crippen molar-refractivity contribution in [1.82, 2.24) is 14.5 Å². The van der Waals surface area contributed by atoms with E-state index >= 15 is 0 Å². The number of imidazole rings is 1. The molecule has 0 aliphatic carbocycles. The highest BCUT2D eigenvalue weighted by molar-refractivity contribution is 6.05. The molecule has 4 rings (SSSR count). The molecule has 0 saturated carbocycles. The molecule has 0 radical (unpaired) electrons. The second-order valence-electron chi connectivity index (χ2n) is 11.6. The van der Waals surface area contributed by atoms with Crippen LogP contribution in [0.25, 0.3) is 6.08 Å². The van der Waals surface area contributed by atoms with Gasteiger partial charge in [-0.1, -0.05) is 69.4 Å². The molecule has 0 amide bonds. The Morgan fingerprint density at radius 2 is 1.83 bits per heavy atom. The van der Waals surface area contributed by atoms with E-state index in [1.807, 2.05) is 31.7 Å². The van der Waals surface area contributed by atoms with Gasteiger partial charge in [-0.05, 0) is 106 Å². The molecule has 0 bridgehead atoms. The topological polar surface area (TPSA) is 90.3 Å². The van der Waals surface area contributed by atoms with E-state index in [1.165, 1.54) is 22.3 Å². The van der Waals surface area contributed by atoms with Crippen LogP contribution in [0.1, 0.15) is 79.7 Å². The van der Waals surface area contributed by atoms with Gasteiger partial charge in [0.2, 0.25) is 0 Å². The van der Waals surface area contributed by atoms with Gasteiger partial charge in [0.05, 0.1) is 24.3 Å². The van der Waals surface area contributed by atoms with Crippen molar-refractivity contribution in [3.63, 3.8) is 0 Å². The van der Waals surface area contributed by atoms with Crippen LogP contribution in [-0.2, 0) is 24.6 Å². The number of benzene rings is 2. The molecular formula is C40H54N6O. The van der Waals surface area contributed by atoms with Gasteiger partial charge in [0.25, 0.3) is 0 Å². The second-order valence-corrected chi connectivity index (χ2v) is 11.6. The normalized spacial score (nSPS) is 10.9. The average molecular weight is 635 g/mol. The maximum Gasteiger partial charge on any atom is 0.144 e.